The summed E-state index contributed by atoms with van der Waals surface area (Å²) in [4.78, 5) is 14.7. The number of hydrogen-bond acceptors (Lipinski definition) is 3. The largest absolute Gasteiger partial charge is 0.416 e. The van der Waals surface area contributed by atoms with Crippen LogP contribution in [0.4, 0.5) is 18.9 Å². The van der Waals surface area contributed by atoms with Gasteiger partial charge in [0.05, 0.1) is 5.56 Å². The van der Waals surface area contributed by atoms with Crippen LogP contribution >= 0.6 is 0 Å². The maximum atomic E-state index is 13.2. The summed E-state index contributed by atoms with van der Waals surface area (Å²) >= 11 is 0. The van der Waals surface area contributed by atoms with Crippen LogP contribution < -0.4 is 5.32 Å². The molecule has 1 aromatic rings. The van der Waals surface area contributed by atoms with E-state index in [1.165, 1.54) is 12.1 Å². The van der Waals surface area contributed by atoms with Crippen molar-refractivity contribution in [1.29, 1.82) is 0 Å². The SMILES string of the molecule is CCN1CCN(Cc2ccc(NC=O)cc2C(F)(F)F)CC1. The number of hydrogen-bond donors (Lipinski definition) is 1. The van der Waals surface area contributed by atoms with Crippen LogP contribution in [0, 0.1) is 0 Å². The van der Waals surface area contributed by atoms with E-state index in [0.717, 1.165) is 38.8 Å². The molecule has 2 rings (SSSR count). The Morgan fingerprint density at radius 2 is 1.82 bits per heavy atom. The summed E-state index contributed by atoms with van der Waals surface area (Å²) in [7, 11) is 0. The van der Waals surface area contributed by atoms with Gasteiger partial charge in [0.2, 0.25) is 6.41 Å². The van der Waals surface area contributed by atoms with Gasteiger partial charge in [0.1, 0.15) is 0 Å². The maximum absolute atomic E-state index is 13.2. The third-order valence-corrected chi connectivity index (χ3v) is 3.95. The Morgan fingerprint density at radius 1 is 1.18 bits per heavy atom. The number of halogens is 3. The van der Waals surface area contributed by atoms with Gasteiger partial charge < -0.3 is 10.2 Å². The third kappa shape index (κ3) is 4.20. The molecule has 1 aromatic carbocycles. The Balaban J connectivity index is 2.14. The predicted octanol–water partition coefficient (Wildman–Crippen LogP) is 2.41. The van der Waals surface area contributed by atoms with E-state index in [1.807, 2.05) is 4.90 Å². The van der Waals surface area contributed by atoms with Gasteiger partial charge in [-0.3, -0.25) is 9.69 Å². The Bertz CT molecular complexity index is 511. The first-order chi connectivity index (χ1) is 10.4. The van der Waals surface area contributed by atoms with Crippen molar-refractivity contribution < 1.29 is 18.0 Å². The van der Waals surface area contributed by atoms with Crippen LogP contribution in [0.1, 0.15) is 18.1 Å². The summed E-state index contributed by atoms with van der Waals surface area (Å²) < 4.78 is 39.6. The smallest absolute Gasteiger partial charge is 0.329 e. The number of rotatable bonds is 5. The molecular formula is C15H20F3N3O. The summed E-state index contributed by atoms with van der Waals surface area (Å²) in [5.41, 5.74) is -0.284. The average molecular weight is 315 g/mol. The van der Waals surface area contributed by atoms with Crippen molar-refractivity contribution in [2.24, 2.45) is 0 Å². The average Bonchev–Trinajstić information content (AvgIpc) is 2.49. The molecule has 0 unspecified atom stereocenters. The van der Waals surface area contributed by atoms with Gasteiger partial charge >= 0.3 is 6.18 Å². The Labute approximate surface area is 127 Å². The standard InChI is InChI=1S/C15H20F3N3O/c1-2-20-5-7-21(8-6-20)10-12-3-4-13(19-11-22)9-14(12)15(16,17)18/h3-4,9,11H,2,5-8,10H2,1H3,(H,19,22). The van der Waals surface area contributed by atoms with E-state index >= 15 is 0 Å². The fourth-order valence-electron chi connectivity index (χ4n) is 2.64. The molecule has 0 aliphatic carbocycles. The van der Waals surface area contributed by atoms with Crippen LogP contribution in [0.25, 0.3) is 0 Å². The molecular weight excluding hydrogens is 295 g/mol. The number of amides is 1. The normalized spacial score (nSPS) is 17.5. The van der Waals surface area contributed by atoms with E-state index in [4.69, 9.17) is 0 Å². The monoisotopic (exact) mass is 315 g/mol. The van der Waals surface area contributed by atoms with E-state index in [1.54, 1.807) is 0 Å². The highest BCUT2D eigenvalue weighted by molar-refractivity contribution is 5.71. The Morgan fingerprint density at radius 3 is 2.36 bits per heavy atom. The van der Waals surface area contributed by atoms with Gasteiger partial charge in [-0.15, -0.1) is 0 Å². The number of piperazine rings is 1. The molecule has 0 saturated carbocycles. The maximum Gasteiger partial charge on any atom is 0.416 e. The van der Waals surface area contributed by atoms with E-state index in [2.05, 4.69) is 17.1 Å². The molecule has 122 valence electrons. The number of carbonyl (C=O) groups is 1. The number of likely N-dealkylation sites (N-methyl/N-ethyl adjacent to an activating group) is 1. The van der Waals surface area contributed by atoms with Crippen LogP contribution in [0.5, 0.6) is 0 Å². The number of carbonyl (C=O) groups excluding carboxylic acids is 1. The molecule has 1 fully saturated rings. The van der Waals surface area contributed by atoms with E-state index in [-0.39, 0.29) is 17.8 Å². The topological polar surface area (TPSA) is 35.6 Å². The summed E-state index contributed by atoms with van der Waals surface area (Å²) in [6.07, 6.45) is -4.06. The van der Waals surface area contributed by atoms with Crippen molar-refractivity contribution in [1.82, 2.24) is 9.80 Å². The second-order valence-electron chi connectivity index (χ2n) is 5.34. The second kappa shape index (κ2) is 7.11. The van der Waals surface area contributed by atoms with Gasteiger partial charge in [-0.1, -0.05) is 13.0 Å². The summed E-state index contributed by atoms with van der Waals surface area (Å²) in [6.45, 7) is 6.60. The van der Waals surface area contributed by atoms with Gasteiger partial charge in [0, 0.05) is 38.4 Å². The molecule has 1 aliphatic heterocycles. The van der Waals surface area contributed by atoms with Crippen LogP contribution in [0.2, 0.25) is 0 Å². The Kier molecular flexibility index (Phi) is 5.42. The molecule has 1 saturated heterocycles. The molecule has 0 bridgehead atoms. The van der Waals surface area contributed by atoms with Gasteiger partial charge in [-0.05, 0) is 24.2 Å². The highest BCUT2D eigenvalue weighted by Crippen LogP contribution is 2.34. The lowest BCUT2D eigenvalue weighted by atomic mass is 10.0. The van der Waals surface area contributed by atoms with Crippen molar-refractivity contribution in [2.75, 3.05) is 38.0 Å². The highest BCUT2D eigenvalue weighted by Gasteiger charge is 2.34. The lowest BCUT2D eigenvalue weighted by molar-refractivity contribution is -0.138. The fourth-order valence-corrected chi connectivity index (χ4v) is 2.64. The molecule has 7 heteroatoms. The van der Waals surface area contributed by atoms with Crippen molar-refractivity contribution in [2.45, 2.75) is 19.6 Å². The molecule has 1 N–H and O–H groups in total. The molecule has 4 nitrogen and oxygen atoms in total. The molecule has 0 atom stereocenters. The number of anilines is 1. The Hall–Kier alpha value is -1.60. The molecule has 0 aromatic heterocycles. The van der Waals surface area contributed by atoms with Crippen LogP contribution in [0.15, 0.2) is 18.2 Å². The first-order valence-corrected chi connectivity index (χ1v) is 7.29. The van der Waals surface area contributed by atoms with Crippen molar-refractivity contribution in [3.63, 3.8) is 0 Å². The minimum Gasteiger partial charge on any atom is -0.329 e. The van der Waals surface area contributed by atoms with E-state index in [9.17, 15) is 18.0 Å². The van der Waals surface area contributed by atoms with Crippen LogP contribution in [-0.4, -0.2) is 48.9 Å². The summed E-state index contributed by atoms with van der Waals surface area (Å²) in [6, 6.07) is 3.94. The quantitative estimate of drug-likeness (QED) is 0.848. The molecule has 22 heavy (non-hydrogen) atoms. The number of nitrogens with one attached hydrogen (secondary N) is 1. The molecule has 1 heterocycles. The van der Waals surface area contributed by atoms with Crippen molar-refractivity contribution in [3.05, 3.63) is 29.3 Å². The lowest BCUT2D eigenvalue weighted by Crippen LogP contribution is -2.45. The number of nitrogens with zero attached hydrogens (tertiary/aromatic N) is 2. The molecule has 0 spiro atoms. The first-order valence-electron chi connectivity index (χ1n) is 7.29. The fraction of sp³-hybridized carbons (Fsp3) is 0.533. The minimum atomic E-state index is -4.43. The first kappa shape index (κ1) is 16.8. The van der Waals surface area contributed by atoms with Crippen molar-refractivity contribution in [3.8, 4) is 0 Å². The minimum absolute atomic E-state index is 0.155. The second-order valence-corrected chi connectivity index (χ2v) is 5.34. The van der Waals surface area contributed by atoms with Gasteiger partial charge in [0.25, 0.3) is 0 Å². The lowest BCUT2D eigenvalue weighted by Gasteiger charge is -2.34. The zero-order valence-corrected chi connectivity index (χ0v) is 12.5. The summed E-state index contributed by atoms with van der Waals surface area (Å²) in [5.74, 6) is 0. The zero-order chi connectivity index (χ0) is 16.2. The van der Waals surface area contributed by atoms with Gasteiger partial charge in [0.15, 0.2) is 0 Å². The molecule has 1 aliphatic rings. The third-order valence-electron chi connectivity index (χ3n) is 3.95. The van der Waals surface area contributed by atoms with E-state index in [0.29, 0.717) is 6.41 Å². The summed E-state index contributed by atoms with van der Waals surface area (Å²) in [5, 5.41) is 2.26. The molecule has 1 amide bonds. The van der Waals surface area contributed by atoms with Crippen LogP contribution in [-0.2, 0) is 17.5 Å². The predicted molar refractivity (Wildman–Crippen MR) is 78.5 cm³/mol. The van der Waals surface area contributed by atoms with Crippen LogP contribution in [0.3, 0.4) is 0 Å². The van der Waals surface area contributed by atoms with Crippen molar-refractivity contribution >= 4 is 12.1 Å². The number of alkyl halides is 3. The van der Waals surface area contributed by atoms with E-state index < -0.39 is 11.7 Å². The van der Waals surface area contributed by atoms with Gasteiger partial charge in [-0.2, -0.15) is 13.2 Å². The highest BCUT2D eigenvalue weighted by atomic mass is 19.4. The van der Waals surface area contributed by atoms with Gasteiger partial charge in [-0.25, -0.2) is 0 Å². The number of benzene rings is 1. The zero-order valence-electron chi connectivity index (χ0n) is 12.5. The molecule has 0 radical (unpaired) electrons.